The molecule has 0 saturated carbocycles. The third-order valence-electron chi connectivity index (χ3n) is 6.30. The van der Waals surface area contributed by atoms with Gasteiger partial charge in [0.15, 0.2) is 5.43 Å². The summed E-state index contributed by atoms with van der Waals surface area (Å²) in [4.78, 5) is 29.1. The molecule has 32 heavy (non-hydrogen) atoms. The summed E-state index contributed by atoms with van der Waals surface area (Å²) >= 11 is 0. The molecule has 0 aliphatic carbocycles. The van der Waals surface area contributed by atoms with E-state index >= 15 is 0 Å². The average molecular weight is 424 g/mol. The van der Waals surface area contributed by atoms with Gasteiger partial charge in [0.25, 0.3) is 5.91 Å². The fourth-order valence-electron chi connectivity index (χ4n) is 4.70. The van der Waals surface area contributed by atoms with Gasteiger partial charge in [0.2, 0.25) is 5.76 Å². The lowest BCUT2D eigenvalue weighted by molar-refractivity contribution is 0.0714. The van der Waals surface area contributed by atoms with Crippen molar-refractivity contribution in [2.75, 3.05) is 0 Å². The first kappa shape index (κ1) is 20.3. The second-order valence-electron chi connectivity index (χ2n) is 8.55. The molecule has 0 radical (unpaired) electrons. The van der Waals surface area contributed by atoms with Gasteiger partial charge >= 0.3 is 0 Å². The summed E-state index contributed by atoms with van der Waals surface area (Å²) in [6.45, 7) is 6.38. The van der Waals surface area contributed by atoms with Crippen LogP contribution in [0.4, 0.5) is 0 Å². The van der Waals surface area contributed by atoms with Crippen LogP contribution in [0.25, 0.3) is 11.0 Å². The first-order chi connectivity index (χ1) is 15.5. The SMILES string of the molecule is CCc1ccc(C2c3c(oc4c(C)cc(C)cc4c3=O)C(=O)N2Cc2ccccc2)cc1. The maximum Gasteiger partial charge on any atom is 0.291 e. The Hall–Kier alpha value is -3.66. The number of carbonyl (C=O) groups excluding carboxylic acids is 1. The van der Waals surface area contributed by atoms with Gasteiger partial charge in [0, 0.05) is 6.54 Å². The average Bonchev–Trinajstić information content (AvgIpc) is 3.07. The highest BCUT2D eigenvalue weighted by Crippen LogP contribution is 2.39. The molecule has 5 rings (SSSR count). The molecule has 0 bridgehead atoms. The highest BCUT2D eigenvalue weighted by molar-refractivity contribution is 5.99. The van der Waals surface area contributed by atoms with Crippen LogP contribution in [-0.4, -0.2) is 10.8 Å². The lowest BCUT2D eigenvalue weighted by atomic mass is 9.96. The van der Waals surface area contributed by atoms with Crippen LogP contribution < -0.4 is 5.43 Å². The molecular formula is C28H25NO3. The van der Waals surface area contributed by atoms with E-state index in [1.165, 1.54) is 5.56 Å². The number of fused-ring (bicyclic) bond motifs is 2. The zero-order valence-corrected chi connectivity index (χ0v) is 18.5. The molecule has 0 spiro atoms. The van der Waals surface area contributed by atoms with Crippen LogP contribution in [0.3, 0.4) is 0 Å². The van der Waals surface area contributed by atoms with Gasteiger partial charge in [0.05, 0.1) is 17.0 Å². The molecule has 160 valence electrons. The predicted molar refractivity (Wildman–Crippen MR) is 126 cm³/mol. The Morgan fingerprint density at radius 2 is 1.62 bits per heavy atom. The van der Waals surface area contributed by atoms with Gasteiger partial charge in [-0.2, -0.15) is 0 Å². The summed E-state index contributed by atoms with van der Waals surface area (Å²) in [6, 6.07) is 21.4. The van der Waals surface area contributed by atoms with Crippen LogP contribution in [0, 0.1) is 13.8 Å². The fraction of sp³-hybridized carbons (Fsp3) is 0.214. The van der Waals surface area contributed by atoms with E-state index in [0.29, 0.717) is 23.1 Å². The fourth-order valence-corrected chi connectivity index (χ4v) is 4.70. The molecule has 2 heterocycles. The van der Waals surface area contributed by atoms with Crippen molar-refractivity contribution in [2.24, 2.45) is 0 Å². The van der Waals surface area contributed by atoms with Crippen LogP contribution >= 0.6 is 0 Å². The van der Waals surface area contributed by atoms with Crippen molar-refractivity contribution in [3.8, 4) is 0 Å². The summed E-state index contributed by atoms with van der Waals surface area (Å²) in [7, 11) is 0. The third kappa shape index (κ3) is 3.23. The number of rotatable bonds is 4. The summed E-state index contributed by atoms with van der Waals surface area (Å²) in [5.41, 5.74) is 5.80. The Kier molecular flexibility index (Phi) is 4.93. The quantitative estimate of drug-likeness (QED) is 0.422. The van der Waals surface area contributed by atoms with E-state index in [0.717, 1.165) is 28.7 Å². The minimum absolute atomic E-state index is 0.124. The van der Waals surface area contributed by atoms with E-state index in [9.17, 15) is 9.59 Å². The Morgan fingerprint density at radius 3 is 2.31 bits per heavy atom. The zero-order valence-electron chi connectivity index (χ0n) is 18.5. The van der Waals surface area contributed by atoms with Gasteiger partial charge < -0.3 is 9.32 Å². The molecule has 3 aromatic carbocycles. The molecule has 4 nitrogen and oxygen atoms in total. The Balaban J connectivity index is 1.74. The standard InChI is InChI=1S/C28H25NO3/c1-4-19-10-12-21(13-11-19)24-23-25(30)22-15-17(2)14-18(3)26(22)32-27(23)28(31)29(24)16-20-8-6-5-7-9-20/h5-15,24H,4,16H2,1-3H3. The van der Waals surface area contributed by atoms with Crippen LogP contribution in [0.5, 0.6) is 0 Å². The van der Waals surface area contributed by atoms with Crippen molar-refractivity contribution in [1.82, 2.24) is 4.90 Å². The number of benzene rings is 3. The van der Waals surface area contributed by atoms with Crippen molar-refractivity contribution in [3.05, 3.63) is 116 Å². The molecule has 1 atom stereocenters. The summed E-state index contributed by atoms with van der Waals surface area (Å²) in [5, 5.41) is 0.533. The van der Waals surface area contributed by atoms with Crippen molar-refractivity contribution in [3.63, 3.8) is 0 Å². The highest BCUT2D eigenvalue weighted by Gasteiger charge is 2.42. The Labute approximate surface area is 187 Å². The van der Waals surface area contributed by atoms with Crippen LogP contribution in [0.2, 0.25) is 0 Å². The normalized spacial score (nSPS) is 15.4. The Bertz CT molecular complexity index is 1380. The summed E-state index contributed by atoms with van der Waals surface area (Å²) in [5.74, 6) is -0.0812. The number of hydrogen-bond donors (Lipinski definition) is 0. The lowest BCUT2D eigenvalue weighted by Crippen LogP contribution is -2.29. The van der Waals surface area contributed by atoms with E-state index in [-0.39, 0.29) is 17.1 Å². The largest absolute Gasteiger partial charge is 0.450 e. The van der Waals surface area contributed by atoms with Crippen molar-refractivity contribution >= 4 is 16.9 Å². The molecule has 1 aliphatic heterocycles. The summed E-state index contributed by atoms with van der Waals surface area (Å²) in [6.07, 6.45) is 0.930. The number of aryl methyl sites for hydroxylation is 3. The van der Waals surface area contributed by atoms with E-state index < -0.39 is 6.04 Å². The number of amides is 1. The molecule has 4 heteroatoms. The minimum Gasteiger partial charge on any atom is -0.450 e. The van der Waals surface area contributed by atoms with Gasteiger partial charge in [0.1, 0.15) is 5.58 Å². The molecule has 0 saturated heterocycles. The van der Waals surface area contributed by atoms with E-state index in [2.05, 4.69) is 19.1 Å². The van der Waals surface area contributed by atoms with Gasteiger partial charge in [-0.05, 0) is 54.2 Å². The molecule has 1 aliphatic rings. The molecule has 1 unspecified atom stereocenters. The highest BCUT2D eigenvalue weighted by atomic mass is 16.3. The molecular weight excluding hydrogens is 398 g/mol. The number of carbonyl (C=O) groups is 1. The topological polar surface area (TPSA) is 50.5 Å². The molecule has 0 fully saturated rings. The van der Waals surface area contributed by atoms with Gasteiger partial charge in [-0.15, -0.1) is 0 Å². The van der Waals surface area contributed by atoms with Crippen molar-refractivity contribution in [1.29, 1.82) is 0 Å². The third-order valence-corrected chi connectivity index (χ3v) is 6.30. The lowest BCUT2D eigenvalue weighted by Gasteiger charge is -2.25. The van der Waals surface area contributed by atoms with E-state index in [4.69, 9.17) is 4.42 Å². The Morgan fingerprint density at radius 1 is 0.906 bits per heavy atom. The monoisotopic (exact) mass is 423 g/mol. The maximum absolute atomic E-state index is 13.7. The maximum atomic E-state index is 13.7. The second-order valence-corrected chi connectivity index (χ2v) is 8.55. The van der Waals surface area contributed by atoms with Gasteiger partial charge in [-0.1, -0.05) is 67.6 Å². The number of nitrogens with zero attached hydrogens (tertiary/aromatic N) is 1. The number of hydrogen-bond acceptors (Lipinski definition) is 3. The van der Waals surface area contributed by atoms with Crippen LogP contribution in [0.1, 0.15) is 56.9 Å². The molecule has 1 amide bonds. The first-order valence-electron chi connectivity index (χ1n) is 11.0. The van der Waals surface area contributed by atoms with Crippen LogP contribution in [-0.2, 0) is 13.0 Å². The second kappa shape index (κ2) is 7.79. The smallest absolute Gasteiger partial charge is 0.291 e. The predicted octanol–water partition coefficient (Wildman–Crippen LogP) is 5.72. The van der Waals surface area contributed by atoms with Crippen molar-refractivity contribution in [2.45, 2.75) is 39.8 Å². The van der Waals surface area contributed by atoms with Gasteiger partial charge in [-0.25, -0.2) is 0 Å². The van der Waals surface area contributed by atoms with Crippen molar-refractivity contribution < 1.29 is 9.21 Å². The molecule has 4 aromatic rings. The minimum atomic E-state index is -0.481. The van der Waals surface area contributed by atoms with Gasteiger partial charge in [-0.3, -0.25) is 9.59 Å². The van der Waals surface area contributed by atoms with Crippen LogP contribution in [0.15, 0.2) is 75.9 Å². The summed E-state index contributed by atoms with van der Waals surface area (Å²) < 4.78 is 6.16. The van der Waals surface area contributed by atoms with E-state index in [1.54, 1.807) is 4.90 Å². The molecule has 1 aromatic heterocycles. The molecule has 0 N–H and O–H groups in total. The zero-order chi connectivity index (χ0) is 22.4. The first-order valence-corrected chi connectivity index (χ1v) is 11.0. The van der Waals surface area contributed by atoms with E-state index in [1.807, 2.05) is 68.4 Å².